The molecule has 0 aromatic heterocycles. The van der Waals surface area contributed by atoms with Gasteiger partial charge in [0.05, 0.1) is 12.7 Å². The van der Waals surface area contributed by atoms with Gasteiger partial charge in [-0.1, -0.05) is 55.8 Å². The summed E-state index contributed by atoms with van der Waals surface area (Å²) in [4.78, 5) is 30.3. The zero-order chi connectivity index (χ0) is 22.4. The highest BCUT2D eigenvalue weighted by Gasteiger charge is 2.31. The molecule has 2 aromatic rings. The molecule has 1 fully saturated rings. The molecule has 1 N–H and O–H groups in total. The molecule has 0 spiro atoms. The molecule has 1 saturated heterocycles. The van der Waals surface area contributed by atoms with Gasteiger partial charge in [0.25, 0.3) is 5.91 Å². The van der Waals surface area contributed by atoms with Crippen LogP contribution in [0.15, 0.2) is 48.5 Å². The van der Waals surface area contributed by atoms with Crippen LogP contribution in [0.5, 0.6) is 5.75 Å². The van der Waals surface area contributed by atoms with Crippen LogP contribution in [0.3, 0.4) is 0 Å². The van der Waals surface area contributed by atoms with Crippen molar-refractivity contribution >= 4 is 11.8 Å². The third-order valence-corrected chi connectivity index (χ3v) is 5.74. The number of hydrogen-bond acceptors (Lipinski definition) is 4. The number of para-hydroxylation sites is 1. The number of hydrogen-bond donors (Lipinski definition) is 1. The largest absolute Gasteiger partial charge is 0.496 e. The van der Waals surface area contributed by atoms with Crippen LogP contribution in [0.25, 0.3) is 0 Å². The minimum Gasteiger partial charge on any atom is -0.496 e. The van der Waals surface area contributed by atoms with E-state index in [9.17, 15) is 9.59 Å². The Kier molecular flexibility index (Phi) is 7.69. The summed E-state index contributed by atoms with van der Waals surface area (Å²) in [7, 11) is 1.54. The van der Waals surface area contributed by atoms with E-state index in [1.807, 2.05) is 24.8 Å². The molecule has 2 aromatic carbocycles. The maximum absolute atomic E-state index is 13.2. The van der Waals surface area contributed by atoms with Gasteiger partial charge in [-0.15, -0.1) is 0 Å². The molecule has 0 saturated carbocycles. The average molecular weight is 424 g/mol. The number of rotatable bonds is 7. The minimum absolute atomic E-state index is 0.0171. The van der Waals surface area contributed by atoms with E-state index in [-0.39, 0.29) is 17.7 Å². The molecule has 2 amide bonds. The summed E-state index contributed by atoms with van der Waals surface area (Å²) in [5.74, 6) is 0.173. The first kappa shape index (κ1) is 22.8. The van der Waals surface area contributed by atoms with E-state index < -0.39 is 6.04 Å². The van der Waals surface area contributed by atoms with Crippen LogP contribution < -0.4 is 10.1 Å². The Bertz CT molecular complexity index is 904. The van der Waals surface area contributed by atoms with E-state index in [1.165, 1.54) is 18.2 Å². The number of piperazine rings is 1. The number of nitrogens with one attached hydrogen (secondary N) is 1. The van der Waals surface area contributed by atoms with Gasteiger partial charge >= 0.3 is 0 Å². The number of aryl methyl sites for hydroxylation is 1. The lowest BCUT2D eigenvalue weighted by Gasteiger charge is -2.37. The van der Waals surface area contributed by atoms with Crippen LogP contribution in [-0.2, 0) is 11.3 Å². The fraction of sp³-hybridized carbons (Fsp3) is 0.440. The second-order valence-electron chi connectivity index (χ2n) is 8.49. The Labute approximate surface area is 185 Å². The smallest absolute Gasteiger partial charge is 0.255 e. The molecule has 0 bridgehead atoms. The van der Waals surface area contributed by atoms with E-state index in [1.54, 1.807) is 18.2 Å². The second kappa shape index (κ2) is 10.4. The van der Waals surface area contributed by atoms with Crippen LogP contribution in [0.4, 0.5) is 0 Å². The third kappa shape index (κ3) is 5.85. The van der Waals surface area contributed by atoms with Crippen molar-refractivity contribution in [3.8, 4) is 5.75 Å². The third-order valence-electron chi connectivity index (χ3n) is 5.74. The van der Waals surface area contributed by atoms with Crippen molar-refractivity contribution in [1.82, 2.24) is 15.1 Å². The number of carbonyl (C=O) groups excluding carboxylic acids is 2. The number of carbonyl (C=O) groups is 2. The molecule has 6 heteroatoms. The molecular weight excluding hydrogens is 390 g/mol. The summed E-state index contributed by atoms with van der Waals surface area (Å²) in [5.41, 5.74) is 2.99. The van der Waals surface area contributed by atoms with Gasteiger partial charge in [-0.3, -0.25) is 14.5 Å². The standard InChI is InChI=1S/C25H33N3O3/c1-18(2)23(26-24(29)21-10-5-6-11-22(21)31-4)25(30)28-14-12-27(13-15-28)17-20-9-7-8-19(3)16-20/h5-11,16,18,23H,12-15,17H2,1-4H3,(H,26,29)/t23-/m0/s1. The van der Waals surface area contributed by atoms with Crippen molar-refractivity contribution in [2.45, 2.75) is 33.4 Å². The molecule has 0 unspecified atom stereocenters. The lowest BCUT2D eigenvalue weighted by molar-refractivity contribution is -0.136. The molecule has 1 aliphatic heterocycles. The summed E-state index contributed by atoms with van der Waals surface area (Å²) in [6.07, 6.45) is 0. The minimum atomic E-state index is -0.569. The Morgan fingerprint density at radius 3 is 2.39 bits per heavy atom. The Morgan fingerprint density at radius 2 is 1.74 bits per heavy atom. The number of amides is 2. The highest BCUT2D eigenvalue weighted by molar-refractivity contribution is 5.99. The lowest BCUT2D eigenvalue weighted by Crippen LogP contribution is -2.56. The van der Waals surface area contributed by atoms with Crippen molar-refractivity contribution in [2.75, 3.05) is 33.3 Å². The van der Waals surface area contributed by atoms with Gasteiger partial charge in [-0.05, 0) is 30.5 Å². The van der Waals surface area contributed by atoms with Crippen molar-refractivity contribution in [3.63, 3.8) is 0 Å². The summed E-state index contributed by atoms with van der Waals surface area (Å²) >= 11 is 0. The molecule has 1 heterocycles. The highest BCUT2D eigenvalue weighted by atomic mass is 16.5. The first-order chi connectivity index (χ1) is 14.9. The van der Waals surface area contributed by atoms with Crippen LogP contribution in [-0.4, -0.2) is 60.9 Å². The predicted molar refractivity (Wildman–Crippen MR) is 122 cm³/mol. The summed E-state index contributed by atoms with van der Waals surface area (Å²) in [5, 5.41) is 2.94. The Balaban J connectivity index is 1.60. The monoisotopic (exact) mass is 423 g/mol. The summed E-state index contributed by atoms with van der Waals surface area (Å²) in [6.45, 7) is 9.89. The molecular formula is C25H33N3O3. The first-order valence-electron chi connectivity index (χ1n) is 10.9. The Morgan fingerprint density at radius 1 is 1.03 bits per heavy atom. The van der Waals surface area contributed by atoms with Crippen molar-refractivity contribution in [3.05, 3.63) is 65.2 Å². The van der Waals surface area contributed by atoms with E-state index in [0.29, 0.717) is 24.4 Å². The molecule has 1 aliphatic rings. The van der Waals surface area contributed by atoms with E-state index in [0.717, 1.165) is 19.6 Å². The fourth-order valence-corrected chi connectivity index (χ4v) is 3.96. The second-order valence-corrected chi connectivity index (χ2v) is 8.49. The van der Waals surface area contributed by atoms with Gasteiger partial charge in [0.1, 0.15) is 11.8 Å². The van der Waals surface area contributed by atoms with Crippen molar-refractivity contribution < 1.29 is 14.3 Å². The van der Waals surface area contributed by atoms with E-state index in [2.05, 4.69) is 41.4 Å². The molecule has 0 radical (unpaired) electrons. The van der Waals surface area contributed by atoms with Crippen LogP contribution in [0, 0.1) is 12.8 Å². The average Bonchev–Trinajstić information content (AvgIpc) is 2.77. The van der Waals surface area contributed by atoms with Crippen LogP contribution in [0.1, 0.15) is 35.3 Å². The maximum Gasteiger partial charge on any atom is 0.255 e. The SMILES string of the molecule is COc1ccccc1C(=O)N[C@H](C(=O)N1CCN(Cc2cccc(C)c2)CC1)C(C)C. The highest BCUT2D eigenvalue weighted by Crippen LogP contribution is 2.19. The molecule has 31 heavy (non-hydrogen) atoms. The van der Waals surface area contributed by atoms with Gasteiger partial charge < -0.3 is 15.0 Å². The molecule has 0 aliphatic carbocycles. The van der Waals surface area contributed by atoms with E-state index in [4.69, 9.17) is 4.74 Å². The van der Waals surface area contributed by atoms with Gasteiger partial charge in [0.2, 0.25) is 5.91 Å². The molecule has 166 valence electrons. The van der Waals surface area contributed by atoms with E-state index >= 15 is 0 Å². The first-order valence-corrected chi connectivity index (χ1v) is 10.9. The lowest BCUT2D eigenvalue weighted by atomic mass is 10.0. The summed E-state index contributed by atoms with van der Waals surface area (Å²) < 4.78 is 5.29. The van der Waals surface area contributed by atoms with Crippen molar-refractivity contribution in [2.24, 2.45) is 5.92 Å². The zero-order valence-electron chi connectivity index (χ0n) is 18.9. The maximum atomic E-state index is 13.2. The molecule has 6 nitrogen and oxygen atoms in total. The van der Waals surface area contributed by atoms with Gasteiger partial charge in [-0.25, -0.2) is 0 Å². The van der Waals surface area contributed by atoms with Crippen LogP contribution in [0.2, 0.25) is 0 Å². The number of methoxy groups -OCH3 is 1. The van der Waals surface area contributed by atoms with Crippen molar-refractivity contribution in [1.29, 1.82) is 0 Å². The molecule has 3 rings (SSSR count). The number of benzene rings is 2. The number of nitrogens with zero attached hydrogens (tertiary/aromatic N) is 2. The zero-order valence-corrected chi connectivity index (χ0v) is 18.9. The summed E-state index contributed by atoms with van der Waals surface area (Å²) in [6, 6.07) is 15.0. The predicted octanol–water partition coefficient (Wildman–Crippen LogP) is 3.10. The topological polar surface area (TPSA) is 61.9 Å². The van der Waals surface area contributed by atoms with Crippen LogP contribution >= 0.6 is 0 Å². The number of ether oxygens (including phenoxy) is 1. The quantitative estimate of drug-likeness (QED) is 0.743. The Hall–Kier alpha value is -2.86. The van der Waals surface area contributed by atoms with Gasteiger partial charge in [0, 0.05) is 32.7 Å². The van der Waals surface area contributed by atoms with Gasteiger partial charge in [-0.2, -0.15) is 0 Å². The molecule has 1 atom stereocenters. The van der Waals surface area contributed by atoms with Gasteiger partial charge in [0.15, 0.2) is 0 Å². The normalized spacial score (nSPS) is 15.6. The fourth-order valence-electron chi connectivity index (χ4n) is 3.96.